The number of hydrogen-bond acceptors (Lipinski definition) is 5. The molecule has 1 aromatic heterocycles. The molecule has 0 aliphatic carbocycles. The van der Waals surface area contributed by atoms with E-state index < -0.39 is 0 Å². The average Bonchev–Trinajstić information content (AvgIpc) is 2.84. The quantitative estimate of drug-likeness (QED) is 0.676. The van der Waals surface area contributed by atoms with Crippen LogP contribution in [-0.4, -0.2) is 40.0 Å². The number of piperidine rings is 1. The summed E-state index contributed by atoms with van der Waals surface area (Å²) in [7, 11) is 0. The molecule has 2 aliphatic heterocycles. The standard InChI is InChI=1S/C13H17BrN4O2/c14-9-7-15-8-12(18(19)20)13(9)16-10-4-6-17-5-2-1-3-11(10)17/h7-8,10-11H,1-6H2,(H,15,16). The van der Waals surface area contributed by atoms with Gasteiger partial charge >= 0.3 is 5.69 Å². The number of halogens is 1. The smallest absolute Gasteiger partial charge is 0.311 e. The third kappa shape index (κ3) is 2.52. The van der Waals surface area contributed by atoms with Gasteiger partial charge in [-0.15, -0.1) is 0 Å². The molecule has 1 N–H and O–H groups in total. The molecule has 6 nitrogen and oxygen atoms in total. The molecule has 7 heteroatoms. The fraction of sp³-hybridized carbons (Fsp3) is 0.615. The van der Waals surface area contributed by atoms with Crippen LogP contribution in [0.3, 0.4) is 0 Å². The summed E-state index contributed by atoms with van der Waals surface area (Å²) in [6, 6.07) is 0.788. The van der Waals surface area contributed by atoms with Crippen LogP contribution in [0.25, 0.3) is 0 Å². The molecule has 1 aromatic rings. The van der Waals surface area contributed by atoms with Crippen LogP contribution in [0.4, 0.5) is 11.4 Å². The number of rotatable bonds is 3. The third-order valence-electron chi connectivity index (χ3n) is 4.26. The van der Waals surface area contributed by atoms with Gasteiger partial charge in [-0.2, -0.15) is 0 Å². The molecule has 108 valence electrons. The van der Waals surface area contributed by atoms with E-state index in [1.165, 1.54) is 25.5 Å². The van der Waals surface area contributed by atoms with Gasteiger partial charge in [-0.25, -0.2) is 0 Å². The summed E-state index contributed by atoms with van der Waals surface area (Å²) in [5.41, 5.74) is 0.594. The Balaban J connectivity index is 1.83. The molecule has 0 saturated carbocycles. The van der Waals surface area contributed by atoms with Crippen molar-refractivity contribution >= 4 is 27.3 Å². The van der Waals surface area contributed by atoms with Gasteiger partial charge in [0.05, 0.1) is 9.40 Å². The highest BCUT2D eigenvalue weighted by molar-refractivity contribution is 9.10. The van der Waals surface area contributed by atoms with Crippen molar-refractivity contribution in [1.29, 1.82) is 0 Å². The summed E-state index contributed by atoms with van der Waals surface area (Å²) >= 11 is 3.37. The zero-order chi connectivity index (χ0) is 14.1. The van der Waals surface area contributed by atoms with Gasteiger partial charge in [0.25, 0.3) is 0 Å². The molecule has 3 heterocycles. The normalized spacial score (nSPS) is 26.2. The number of nitrogens with zero attached hydrogens (tertiary/aromatic N) is 3. The second-order valence-electron chi connectivity index (χ2n) is 5.41. The maximum absolute atomic E-state index is 11.1. The molecular weight excluding hydrogens is 324 g/mol. The van der Waals surface area contributed by atoms with Crippen LogP contribution in [0.5, 0.6) is 0 Å². The van der Waals surface area contributed by atoms with Gasteiger partial charge in [0.2, 0.25) is 0 Å². The number of hydrogen-bond donors (Lipinski definition) is 1. The van der Waals surface area contributed by atoms with E-state index >= 15 is 0 Å². The molecule has 0 bridgehead atoms. The van der Waals surface area contributed by atoms with Crippen molar-refractivity contribution in [2.45, 2.75) is 37.8 Å². The lowest BCUT2D eigenvalue weighted by atomic mass is 9.99. The van der Waals surface area contributed by atoms with Crippen LogP contribution in [0.2, 0.25) is 0 Å². The van der Waals surface area contributed by atoms with E-state index in [1.807, 2.05) is 0 Å². The lowest BCUT2D eigenvalue weighted by Crippen LogP contribution is -2.41. The fourth-order valence-corrected chi connectivity index (χ4v) is 3.74. The van der Waals surface area contributed by atoms with E-state index in [-0.39, 0.29) is 16.7 Å². The predicted molar refractivity (Wildman–Crippen MR) is 79.8 cm³/mol. The highest BCUT2D eigenvalue weighted by Crippen LogP contribution is 2.35. The van der Waals surface area contributed by atoms with Crippen LogP contribution in [0, 0.1) is 10.1 Å². The Morgan fingerprint density at radius 3 is 3.00 bits per heavy atom. The molecule has 0 spiro atoms. The highest BCUT2D eigenvalue weighted by atomic mass is 79.9. The summed E-state index contributed by atoms with van der Waals surface area (Å²) in [6.07, 6.45) is 7.63. The van der Waals surface area contributed by atoms with Crippen LogP contribution >= 0.6 is 15.9 Å². The van der Waals surface area contributed by atoms with Crippen LogP contribution < -0.4 is 5.32 Å². The van der Waals surface area contributed by atoms with E-state index in [4.69, 9.17) is 0 Å². The Morgan fingerprint density at radius 1 is 1.35 bits per heavy atom. The fourth-order valence-electron chi connectivity index (χ4n) is 3.31. The molecular formula is C13H17BrN4O2. The Bertz CT molecular complexity index is 525. The summed E-state index contributed by atoms with van der Waals surface area (Å²) in [6.45, 7) is 2.24. The highest BCUT2D eigenvalue weighted by Gasteiger charge is 2.36. The number of aromatic nitrogens is 1. The van der Waals surface area contributed by atoms with Crippen molar-refractivity contribution < 1.29 is 4.92 Å². The first-order chi connectivity index (χ1) is 9.66. The number of pyridine rings is 1. The zero-order valence-corrected chi connectivity index (χ0v) is 12.7. The molecule has 2 atom stereocenters. The SMILES string of the molecule is O=[N+]([O-])c1cncc(Br)c1NC1CCN2CCCCC12. The molecule has 0 amide bonds. The van der Waals surface area contributed by atoms with Gasteiger partial charge < -0.3 is 5.32 Å². The van der Waals surface area contributed by atoms with Crippen LogP contribution in [-0.2, 0) is 0 Å². The van der Waals surface area contributed by atoms with Gasteiger partial charge in [0.15, 0.2) is 0 Å². The van der Waals surface area contributed by atoms with E-state index in [1.54, 1.807) is 6.20 Å². The summed E-state index contributed by atoms with van der Waals surface area (Å²) < 4.78 is 0.654. The lowest BCUT2D eigenvalue weighted by Gasteiger charge is -2.32. The molecule has 0 aromatic carbocycles. The summed E-state index contributed by atoms with van der Waals surface area (Å²) in [5, 5.41) is 14.5. The first kappa shape index (κ1) is 13.8. The first-order valence-corrected chi connectivity index (χ1v) is 7.74. The van der Waals surface area contributed by atoms with Crippen molar-refractivity contribution in [3.05, 3.63) is 27.0 Å². The van der Waals surface area contributed by atoms with Crippen molar-refractivity contribution in [3.8, 4) is 0 Å². The molecule has 0 radical (unpaired) electrons. The van der Waals surface area contributed by atoms with Gasteiger partial charge in [-0.3, -0.25) is 20.0 Å². The predicted octanol–water partition coefficient (Wildman–Crippen LogP) is 2.79. The zero-order valence-electron chi connectivity index (χ0n) is 11.1. The number of nitrogens with one attached hydrogen (secondary N) is 1. The van der Waals surface area contributed by atoms with Gasteiger partial charge in [-0.05, 0) is 41.7 Å². The van der Waals surface area contributed by atoms with Crippen molar-refractivity contribution in [2.24, 2.45) is 0 Å². The van der Waals surface area contributed by atoms with Crippen LogP contribution in [0.1, 0.15) is 25.7 Å². The Hall–Kier alpha value is -1.21. The minimum atomic E-state index is -0.381. The molecule has 3 rings (SSSR count). The molecule has 2 unspecified atom stereocenters. The average molecular weight is 341 g/mol. The van der Waals surface area contributed by atoms with Crippen molar-refractivity contribution in [1.82, 2.24) is 9.88 Å². The topological polar surface area (TPSA) is 71.3 Å². The monoisotopic (exact) mass is 340 g/mol. The van der Waals surface area contributed by atoms with E-state index in [2.05, 4.69) is 31.1 Å². The maximum Gasteiger partial charge on any atom is 0.311 e. The molecule has 20 heavy (non-hydrogen) atoms. The minimum Gasteiger partial charge on any atom is -0.374 e. The first-order valence-electron chi connectivity index (χ1n) is 6.95. The second kappa shape index (κ2) is 5.65. The van der Waals surface area contributed by atoms with Crippen LogP contribution in [0.15, 0.2) is 16.9 Å². The minimum absolute atomic E-state index is 0.0358. The lowest BCUT2D eigenvalue weighted by molar-refractivity contribution is -0.384. The van der Waals surface area contributed by atoms with E-state index in [0.717, 1.165) is 19.5 Å². The largest absolute Gasteiger partial charge is 0.374 e. The van der Waals surface area contributed by atoms with E-state index in [9.17, 15) is 10.1 Å². The third-order valence-corrected chi connectivity index (χ3v) is 4.86. The summed E-state index contributed by atoms with van der Waals surface area (Å²) in [4.78, 5) is 17.1. The van der Waals surface area contributed by atoms with Crippen molar-refractivity contribution in [3.63, 3.8) is 0 Å². The van der Waals surface area contributed by atoms with Gasteiger partial charge in [0.1, 0.15) is 11.9 Å². The van der Waals surface area contributed by atoms with E-state index in [0.29, 0.717) is 16.2 Å². The van der Waals surface area contributed by atoms with Gasteiger partial charge in [-0.1, -0.05) is 6.42 Å². The Labute approximate surface area is 125 Å². The number of anilines is 1. The number of nitro groups is 1. The molecule has 2 aliphatic rings. The summed E-state index contributed by atoms with van der Waals surface area (Å²) in [5.74, 6) is 0. The second-order valence-corrected chi connectivity index (χ2v) is 6.27. The molecule has 2 fully saturated rings. The Morgan fingerprint density at radius 2 is 2.20 bits per heavy atom. The van der Waals surface area contributed by atoms with Gasteiger partial charge in [0, 0.05) is 24.8 Å². The molecule has 2 saturated heterocycles. The number of fused-ring (bicyclic) bond motifs is 1. The maximum atomic E-state index is 11.1. The van der Waals surface area contributed by atoms with Crippen molar-refractivity contribution in [2.75, 3.05) is 18.4 Å². The Kier molecular flexibility index (Phi) is 3.89.